The number of piperazine rings is 1. The summed E-state index contributed by atoms with van der Waals surface area (Å²) in [5, 5.41) is 12.1. The maximum atomic E-state index is 12.2. The van der Waals surface area contributed by atoms with E-state index in [0.717, 1.165) is 0 Å². The molecule has 0 atom stereocenters. The standard InChI is InChI=1S/C14H14ClN3O2/c1-14(2)13(20)18(12(19)7-17-14)8-10-4-3-9(6-16)5-11(10)15/h3-5,17H,7-8H2,1-2H3. The Bertz CT molecular complexity index is 619. The molecule has 6 heteroatoms. The molecule has 1 aromatic rings. The van der Waals surface area contributed by atoms with E-state index >= 15 is 0 Å². The molecule has 0 saturated carbocycles. The van der Waals surface area contributed by atoms with Gasteiger partial charge in [0.2, 0.25) is 11.8 Å². The molecular weight excluding hydrogens is 278 g/mol. The summed E-state index contributed by atoms with van der Waals surface area (Å²) in [6, 6.07) is 6.79. The smallest absolute Gasteiger partial charge is 0.249 e. The zero-order valence-electron chi connectivity index (χ0n) is 11.2. The summed E-state index contributed by atoms with van der Waals surface area (Å²) < 4.78 is 0. The summed E-state index contributed by atoms with van der Waals surface area (Å²) in [7, 11) is 0. The molecule has 2 rings (SSSR count). The number of halogens is 1. The quantitative estimate of drug-likeness (QED) is 0.837. The predicted molar refractivity (Wildman–Crippen MR) is 73.8 cm³/mol. The summed E-state index contributed by atoms with van der Waals surface area (Å²) in [4.78, 5) is 25.3. The molecule has 1 heterocycles. The first-order valence-corrected chi connectivity index (χ1v) is 6.51. The van der Waals surface area contributed by atoms with E-state index in [9.17, 15) is 9.59 Å². The number of rotatable bonds is 2. The summed E-state index contributed by atoms with van der Waals surface area (Å²) >= 11 is 6.08. The minimum Gasteiger partial charge on any atom is -0.295 e. The van der Waals surface area contributed by atoms with E-state index in [4.69, 9.17) is 16.9 Å². The fourth-order valence-corrected chi connectivity index (χ4v) is 2.23. The van der Waals surface area contributed by atoms with Crippen molar-refractivity contribution in [1.29, 1.82) is 5.26 Å². The van der Waals surface area contributed by atoms with Crippen LogP contribution in [-0.2, 0) is 16.1 Å². The predicted octanol–water partition coefficient (Wildman–Crippen LogP) is 1.45. The Hall–Kier alpha value is -1.90. The van der Waals surface area contributed by atoms with Crippen LogP contribution in [0.3, 0.4) is 0 Å². The van der Waals surface area contributed by atoms with E-state index in [1.165, 1.54) is 11.0 Å². The van der Waals surface area contributed by atoms with Gasteiger partial charge in [0.05, 0.1) is 30.3 Å². The molecule has 1 aliphatic heterocycles. The lowest BCUT2D eigenvalue weighted by Gasteiger charge is -2.36. The minimum absolute atomic E-state index is 0.118. The van der Waals surface area contributed by atoms with Crippen molar-refractivity contribution in [2.24, 2.45) is 0 Å². The molecule has 0 radical (unpaired) electrons. The molecule has 2 amide bonds. The highest BCUT2D eigenvalue weighted by Crippen LogP contribution is 2.22. The van der Waals surface area contributed by atoms with Crippen LogP contribution >= 0.6 is 11.6 Å². The van der Waals surface area contributed by atoms with Gasteiger partial charge in [-0.1, -0.05) is 17.7 Å². The summed E-state index contributed by atoms with van der Waals surface area (Å²) in [5.74, 6) is -0.566. The second-order valence-electron chi connectivity index (χ2n) is 5.18. The largest absolute Gasteiger partial charge is 0.295 e. The molecule has 1 fully saturated rings. The molecule has 0 unspecified atom stereocenters. The minimum atomic E-state index is -0.771. The Labute approximate surface area is 122 Å². The lowest BCUT2D eigenvalue weighted by Crippen LogP contribution is -2.63. The van der Waals surface area contributed by atoms with E-state index in [1.54, 1.807) is 26.0 Å². The van der Waals surface area contributed by atoms with Gasteiger partial charge in [0.1, 0.15) is 0 Å². The molecule has 1 aromatic carbocycles. The highest BCUT2D eigenvalue weighted by atomic mass is 35.5. The Morgan fingerprint density at radius 2 is 2.15 bits per heavy atom. The van der Waals surface area contributed by atoms with Gasteiger partial charge in [-0.2, -0.15) is 5.26 Å². The maximum Gasteiger partial charge on any atom is 0.249 e. The van der Waals surface area contributed by atoms with Crippen molar-refractivity contribution in [3.63, 3.8) is 0 Å². The molecule has 0 spiro atoms. The van der Waals surface area contributed by atoms with Crippen LogP contribution in [0.15, 0.2) is 18.2 Å². The Balaban J connectivity index is 2.27. The van der Waals surface area contributed by atoms with Gasteiger partial charge in [0.15, 0.2) is 0 Å². The molecule has 1 N–H and O–H groups in total. The van der Waals surface area contributed by atoms with E-state index in [2.05, 4.69) is 5.32 Å². The summed E-state index contributed by atoms with van der Waals surface area (Å²) in [5.41, 5.74) is 0.314. The average Bonchev–Trinajstić information content (AvgIpc) is 2.41. The highest BCUT2D eigenvalue weighted by molar-refractivity contribution is 6.31. The van der Waals surface area contributed by atoms with Crippen molar-refractivity contribution in [2.45, 2.75) is 25.9 Å². The Morgan fingerprint density at radius 3 is 2.75 bits per heavy atom. The number of carbonyl (C=O) groups is 2. The van der Waals surface area contributed by atoms with Crippen molar-refractivity contribution in [3.05, 3.63) is 34.3 Å². The van der Waals surface area contributed by atoms with Crippen molar-refractivity contribution in [2.75, 3.05) is 6.54 Å². The number of carbonyl (C=O) groups excluding carboxylic acids is 2. The number of nitrogens with one attached hydrogen (secondary N) is 1. The zero-order chi connectivity index (χ0) is 14.9. The number of hydrogen-bond acceptors (Lipinski definition) is 4. The first kappa shape index (κ1) is 14.5. The number of nitriles is 1. The van der Waals surface area contributed by atoms with Gasteiger partial charge in [-0.3, -0.25) is 19.8 Å². The molecule has 0 bridgehead atoms. The summed E-state index contributed by atoms with van der Waals surface area (Å²) in [6.45, 7) is 3.70. The molecule has 104 valence electrons. The normalized spacial score (nSPS) is 18.0. The van der Waals surface area contributed by atoms with E-state index < -0.39 is 5.54 Å². The van der Waals surface area contributed by atoms with E-state index in [-0.39, 0.29) is 24.9 Å². The number of nitrogens with zero attached hydrogens (tertiary/aromatic N) is 2. The van der Waals surface area contributed by atoms with Crippen LogP contribution in [0.1, 0.15) is 25.0 Å². The molecular formula is C14H14ClN3O2. The SMILES string of the molecule is CC1(C)NCC(=O)N(Cc2ccc(C#N)cc2Cl)C1=O. The second kappa shape index (κ2) is 5.23. The van der Waals surface area contributed by atoms with Gasteiger partial charge in [-0.15, -0.1) is 0 Å². The van der Waals surface area contributed by atoms with Crippen LogP contribution in [0, 0.1) is 11.3 Å². The Morgan fingerprint density at radius 1 is 1.45 bits per heavy atom. The van der Waals surface area contributed by atoms with Gasteiger partial charge in [0, 0.05) is 5.02 Å². The Kier molecular flexibility index (Phi) is 3.80. The lowest BCUT2D eigenvalue weighted by molar-refractivity contribution is -0.153. The monoisotopic (exact) mass is 291 g/mol. The first-order chi connectivity index (χ1) is 9.35. The van der Waals surface area contributed by atoms with E-state index in [0.29, 0.717) is 16.1 Å². The number of benzene rings is 1. The molecule has 0 aliphatic carbocycles. The third-order valence-electron chi connectivity index (χ3n) is 3.27. The van der Waals surface area contributed by atoms with Gasteiger partial charge in [-0.05, 0) is 31.5 Å². The van der Waals surface area contributed by atoms with Gasteiger partial charge < -0.3 is 0 Å². The maximum absolute atomic E-state index is 12.2. The van der Waals surface area contributed by atoms with Crippen LogP contribution in [-0.4, -0.2) is 28.8 Å². The molecule has 1 aliphatic rings. The number of hydrogen-bond donors (Lipinski definition) is 1. The number of imide groups is 1. The third kappa shape index (κ3) is 2.67. The molecule has 5 nitrogen and oxygen atoms in total. The number of amides is 2. The second-order valence-corrected chi connectivity index (χ2v) is 5.59. The van der Waals surface area contributed by atoms with Gasteiger partial charge >= 0.3 is 0 Å². The van der Waals surface area contributed by atoms with Crippen molar-refractivity contribution in [3.8, 4) is 6.07 Å². The first-order valence-electron chi connectivity index (χ1n) is 6.13. The molecule has 0 aromatic heterocycles. The zero-order valence-corrected chi connectivity index (χ0v) is 12.0. The summed E-state index contributed by atoms with van der Waals surface area (Å²) in [6.07, 6.45) is 0. The van der Waals surface area contributed by atoms with Crippen molar-refractivity contribution >= 4 is 23.4 Å². The van der Waals surface area contributed by atoms with Crippen LogP contribution in [0.4, 0.5) is 0 Å². The lowest BCUT2D eigenvalue weighted by atomic mass is 10.00. The van der Waals surface area contributed by atoms with Gasteiger partial charge in [0.25, 0.3) is 0 Å². The van der Waals surface area contributed by atoms with Crippen LogP contribution in [0.25, 0.3) is 0 Å². The van der Waals surface area contributed by atoms with Crippen LogP contribution < -0.4 is 5.32 Å². The van der Waals surface area contributed by atoms with Crippen molar-refractivity contribution < 1.29 is 9.59 Å². The molecule has 20 heavy (non-hydrogen) atoms. The molecule has 1 saturated heterocycles. The van der Waals surface area contributed by atoms with Crippen LogP contribution in [0.5, 0.6) is 0 Å². The topological polar surface area (TPSA) is 73.2 Å². The van der Waals surface area contributed by atoms with Crippen molar-refractivity contribution in [1.82, 2.24) is 10.2 Å². The van der Waals surface area contributed by atoms with E-state index in [1.807, 2.05) is 6.07 Å². The fourth-order valence-electron chi connectivity index (χ4n) is 1.99. The fraction of sp³-hybridized carbons (Fsp3) is 0.357. The average molecular weight is 292 g/mol. The highest BCUT2D eigenvalue weighted by Gasteiger charge is 2.39. The van der Waals surface area contributed by atoms with Crippen LogP contribution in [0.2, 0.25) is 5.02 Å². The third-order valence-corrected chi connectivity index (χ3v) is 3.62. The van der Waals surface area contributed by atoms with Gasteiger partial charge in [-0.25, -0.2) is 0 Å².